The maximum Gasteiger partial charge on any atom is 0.337 e. The average Bonchev–Trinajstić information content (AvgIpc) is 2.89. The maximum absolute atomic E-state index is 11.3. The van der Waals surface area contributed by atoms with Crippen molar-refractivity contribution >= 4 is 40.5 Å². The molecule has 0 aliphatic carbocycles. The molecule has 1 heterocycles. The monoisotopic (exact) mass is 558 g/mol. The molecule has 3 rings (SSSR count). The molecule has 0 unspecified atom stereocenters. The van der Waals surface area contributed by atoms with Crippen molar-refractivity contribution in [3.8, 4) is 0 Å². The van der Waals surface area contributed by atoms with Crippen LogP contribution in [0.5, 0.6) is 0 Å². The number of nitrogens with zero attached hydrogens (tertiary/aromatic N) is 1. The van der Waals surface area contributed by atoms with Crippen LogP contribution >= 0.6 is 0 Å². The van der Waals surface area contributed by atoms with Crippen molar-refractivity contribution in [3.63, 3.8) is 0 Å². The van der Waals surface area contributed by atoms with Gasteiger partial charge in [-0.15, -0.1) is 0 Å². The summed E-state index contributed by atoms with van der Waals surface area (Å²) in [6, 6.07) is 13.4. The van der Waals surface area contributed by atoms with Crippen molar-refractivity contribution < 1.29 is 43.6 Å². The second-order valence-electron chi connectivity index (χ2n) is 7.74. The van der Waals surface area contributed by atoms with Crippen molar-refractivity contribution in [2.45, 2.75) is 41.4 Å². The number of carboxylic acid groups (broad SMARTS) is 1. The lowest BCUT2D eigenvalue weighted by Gasteiger charge is -2.15. The Hall–Kier alpha value is -4.77. The minimum Gasteiger partial charge on any atom is -0.478 e. The van der Waals surface area contributed by atoms with Crippen LogP contribution in [0.3, 0.4) is 0 Å². The van der Waals surface area contributed by atoms with E-state index < -0.39 is 24.2 Å². The quantitative estimate of drug-likeness (QED) is 0.173. The summed E-state index contributed by atoms with van der Waals surface area (Å²) in [5, 5.41) is 16.4. The fourth-order valence-electron chi connectivity index (χ4n) is 2.64. The van der Waals surface area contributed by atoms with Crippen molar-refractivity contribution in [1.29, 1.82) is 0 Å². The Morgan fingerprint density at radius 1 is 0.900 bits per heavy atom. The fourth-order valence-corrected chi connectivity index (χ4v) is 2.64. The number of methoxy groups -OCH3 is 1. The number of esters is 3. The van der Waals surface area contributed by atoms with E-state index in [9.17, 15) is 19.2 Å². The lowest BCUT2D eigenvalue weighted by atomic mass is 10.1. The van der Waals surface area contributed by atoms with Crippen LogP contribution in [0, 0.1) is 6.92 Å². The van der Waals surface area contributed by atoms with E-state index in [0.717, 1.165) is 23.6 Å². The number of rotatable bonds is 5. The SMILES string of the molecule is C.C=C(C)C(OC(C)=O)OC(C)=O.CO.COC(=O)c1ccc2ncc(C)cc2c1.Nc1ccc(C(=O)O)cc1. The second kappa shape index (κ2) is 19.3. The third-order valence-corrected chi connectivity index (χ3v) is 4.35. The molecule has 0 saturated heterocycles. The zero-order chi connectivity index (χ0) is 30.1. The van der Waals surface area contributed by atoms with Crippen LogP contribution in [0.4, 0.5) is 5.69 Å². The van der Waals surface area contributed by atoms with Gasteiger partial charge in [-0.3, -0.25) is 14.6 Å². The number of carbonyl (C=O) groups excluding carboxylic acids is 3. The van der Waals surface area contributed by atoms with E-state index in [1.165, 1.54) is 33.1 Å². The molecule has 11 nitrogen and oxygen atoms in total. The van der Waals surface area contributed by atoms with Crippen LogP contribution in [0.1, 0.15) is 54.5 Å². The number of hydrogen-bond acceptors (Lipinski definition) is 10. The molecule has 0 atom stereocenters. The first-order chi connectivity index (χ1) is 18.3. The van der Waals surface area contributed by atoms with Crippen LogP contribution in [-0.4, -0.2) is 59.6 Å². The van der Waals surface area contributed by atoms with Gasteiger partial charge in [-0.25, -0.2) is 9.59 Å². The number of nitrogens with two attached hydrogens (primary N) is 1. The molecule has 4 N–H and O–H groups in total. The molecule has 1 aromatic heterocycles. The Morgan fingerprint density at radius 3 is 1.82 bits per heavy atom. The van der Waals surface area contributed by atoms with E-state index in [-0.39, 0.29) is 19.0 Å². The van der Waals surface area contributed by atoms with Gasteiger partial charge in [0, 0.05) is 43.8 Å². The summed E-state index contributed by atoms with van der Waals surface area (Å²) in [6.07, 6.45) is 0.847. The average molecular weight is 559 g/mol. The summed E-state index contributed by atoms with van der Waals surface area (Å²) in [6.45, 7) is 9.56. The van der Waals surface area contributed by atoms with Crippen LogP contribution < -0.4 is 5.73 Å². The summed E-state index contributed by atoms with van der Waals surface area (Å²) in [5.74, 6) is -2.27. The number of aliphatic hydroxyl groups excluding tert-OH is 1. The molecule has 0 spiro atoms. The van der Waals surface area contributed by atoms with Gasteiger partial charge in [-0.05, 0) is 67.9 Å². The Bertz CT molecular complexity index is 1260. The summed E-state index contributed by atoms with van der Waals surface area (Å²) in [4.78, 5) is 46.8. The number of benzene rings is 2. The second-order valence-corrected chi connectivity index (χ2v) is 7.74. The van der Waals surface area contributed by atoms with Crippen molar-refractivity contribution in [2.75, 3.05) is 20.0 Å². The molecule has 218 valence electrons. The standard InChI is InChI=1S/C12H11NO2.C8H12O4.C7H7NO2.CH4O.CH4/c1-8-5-10-6-9(12(14)15-2)3-4-11(10)13-7-8;1-5(2)8(11-6(3)9)12-7(4)10;8-6-3-1-5(2-4-6)7(9)10;1-2;/h3-7H,1-2H3;8H,1H2,2-4H3;1-4H,8H2,(H,9,10);2H,1H3;1H4. The molecule has 0 radical (unpaired) electrons. The van der Waals surface area contributed by atoms with E-state index in [0.29, 0.717) is 16.8 Å². The number of aliphatic hydroxyl groups is 1. The Kier molecular flexibility index (Phi) is 18.1. The highest BCUT2D eigenvalue weighted by molar-refractivity contribution is 5.94. The van der Waals surface area contributed by atoms with Crippen molar-refractivity contribution in [1.82, 2.24) is 4.98 Å². The molecule has 40 heavy (non-hydrogen) atoms. The van der Waals surface area contributed by atoms with Crippen LogP contribution in [0.2, 0.25) is 0 Å². The first kappa shape index (κ1) is 37.4. The molecular formula is C29H38N2O9. The molecule has 0 amide bonds. The van der Waals surface area contributed by atoms with Gasteiger partial charge in [0.1, 0.15) is 0 Å². The Labute approximate surface area is 234 Å². The smallest absolute Gasteiger partial charge is 0.337 e. The van der Waals surface area contributed by atoms with E-state index in [4.69, 9.17) is 15.9 Å². The van der Waals surface area contributed by atoms with E-state index in [1.54, 1.807) is 37.4 Å². The number of nitrogen functional groups attached to an aromatic ring is 1. The highest BCUT2D eigenvalue weighted by Crippen LogP contribution is 2.15. The minimum atomic E-state index is -0.958. The third-order valence-electron chi connectivity index (χ3n) is 4.35. The zero-order valence-electron chi connectivity index (χ0n) is 22.8. The molecule has 0 fully saturated rings. The van der Waals surface area contributed by atoms with Gasteiger partial charge >= 0.3 is 23.9 Å². The number of fused-ring (bicyclic) bond motifs is 1. The zero-order valence-corrected chi connectivity index (χ0v) is 22.8. The van der Waals surface area contributed by atoms with Crippen molar-refractivity contribution in [2.24, 2.45) is 0 Å². The number of hydrogen-bond donors (Lipinski definition) is 3. The van der Waals surface area contributed by atoms with Gasteiger partial charge in [-0.2, -0.15) is 0 Å². The maximum atomic E-state index is 11.3. The first-order valence-corrected chi connectivity index (χ1v) is 11.3. The van der Waals surface area contributed by atoms with Gasteiger partial charge in [0.2, 0.25) is 0 Å². The molecule has 0 saturated carbocycles. The largest absolute Gasteiger partial charge is 0.478 e. The first-order valence-electron chi connectivity index (χ1n) is 11.3. The lowest BCUT2D eigenvalue weighted by Crippen LogP contribution is -2.23. The van der Waals surface area contributed by atoms with Gasteiger partial charge in [-0.1, -0.05) is 14.0 Å². The van der Waals surface area contributed by atoms with E-state index in [2.05, 4.69) is 25.8 Å². The highest BCUT2D eigenvalue weighted by atomic mass is 16.7. The van der Waals surface area contributed by atoms with Gasteiger partial charge in [0.25, 0.3) is 6.29 Å². The molecular weight excluding hydrogens is 520 g/mol. The van der Waals surface area contributed by atoms with E-state index >= 15 is 0 Å². The van der Waals surface area contributed by atoms with E-state index in [1.807, 2.05) is 19.1 Å². The van der Waals surface area contributed by atoms with Crippen LogP contribution in [0.15, 0.2) is 66.9 Å². The number of aryl methyl sites for hydroxylation is 1. The van der Waals surface area contributed by atoms with Gasteiger partial charge < -0.3 is 30.2 Å². The Morgan fingerprint density at radius 2 is 1.40 bits per heavy atom. The van der Waals surface area contributed by atoms with Gasteiger partial charge in [0.15, 0.2) is 0 Å². The normalized spacial score (nSPS) is 9.10. The molecule has 0 aliphatic rings. The number of pyridine rings is 1. The van der Waals surface area contributed by atoms with Crippen molar-refractivity contribution in [3.05, 3.63) is 83.6 Å². The highest BCUT2D eigenvalue weighted by Gasteiger charge is 2.15. The number of anilines is 1. The predicted octanol–water partition coefficient (Wildman–Crippen LogP) is 4.56. The number of aromatic nitrogens is 1. The molecule has 2 aromatic carbocycles. The summed E-state index contributed by atoms with van der Waals surface area (Å²) < 4.78 is 13.9. The fraction of sp³-hybridized carbons (Fsp3) is 0.276. The third kappa shape index (κ3) is 14.2. The number of aromatic carboxylic acids is 1. The van der Waals surface area contributed by atoms with Crippen LogP contribution in [-0.2, 0) is 23.8 Å². The summed E-state index contributed by atoms with van der Waals surface area (Å²) in [5.41, 5.74) is 9.15. The summed E-state index contributed by atoms with van der Waals surface area (Å²) in [7, 11) is 2.38. The molecule has 3 aromatic rings. The molecule has 11 heteroatoms. The van der Waals surface area contributed by atoms with Crippen LogP contribution in [0.25, 0.3) is 10.9 Å². The number of ether oxygens (including phenoxy) is 3. The van der Waals surface area contributed by atoms with Gasteiger partial charge in [0.05, 0.1) is 23.8 Å². The Balaban J connectivity index is 0. The predicted molar refractivity (Wildman–Crippen MR) is 153 cm³/mol. The molecule has 0 bridgehead atoms. The topological polar surface area (TPSA) is 175 Å². The summed E-state index contributed by atoms with van der Waals surface area (Å²) >= 11 is 0. The molecule has 0 aliphatic heterocycles. The minimum absolute atomic E-state index is 0. The lowest BCUT2D eigenvalue weighted by molar-refractivity contribution is -0.177. The number of carboxylic acids is 1. The number of carbonyl (C=O) groups is 4.